The van der Waals surface area contributed by atoms with Gasteiger partial charge in [-0.2, -0.15) is 0 Å². The van der Waals surface area contributed by atoms with Gasteiger partial charge in [0.05, 0.1) is 0 Å². The summed E-state index contributed by atoms with van der Waals surface area (Å²) in [5.74, 6) is 2.33. The number of rotatable bonds is 6. The second kappa shape index (κ2) is 7.48. The standard InChI is InChI=1S/C16H15ClN4OS/c1-21-15(10-22-14-6-4-13(17)5-7-14)19-20-16(21)23-11-12-3-2-8-18-9-12/h2-9H,10-11H2,1H3. The number of ether oxygens (including phenoxy) is 1. The van der Waals surface area contributed by atoms with Gasteiger partial charge in [-0.25, -0.2) is 0 Å². The molecule has 0 bridgehead atoms. The van der Waals surface area contributed by atoms with Gasteiger partial charge in [-0.15, -0.1) is 10.2 Å². The van der Waals surface area contributed by atoms with Gasteiger partial charge in [0.1, 0.15) is 12.4 Å². The average Bonchev–Trinajstić information content (AvgIpc) is 2.93. The van der Waals surface area contributed by atoms with Crippen LogP contribution in [0.3, 0.4) is 0 Å². The van der Waals surface area contributed by atoms with Gasteiger partial charge < -0.3 is 9.30 Å². The maximum atomic E-state index is 5.85. The van der Waals surface area contributed by atoms with Gasteiger partial charge in [0.25, 0.3) is 0 Å². The highest BCUT2D eigenvalue weighted by molar-refractivity contribution is 7.98. The molecule has 2 aromatic heterocycles. The number of hydrogen-bond donors (Lipinski definition) is 0. The third-order valence-corrected chi connectivity index (χ3v) is 4.54. The summed E-state index contributed by atoms with van der Waals surface area (Å²) in [5.41, 5.74) is 1.15. The monoisotopic (exact) mass is 346 g/mol. The van der Waals surface area contributed by atoms with Crippen LogP contribution in [0.2, 0.25) is 5.02 Å². The van der Waals surface area contributed by atoms with E-state index in [1.54, 1.807) is 30.1 Å². The number of pyridine rings is 1. The van der Waals surface area contributed by atoms with Crippen LogP contribution in [0.1, 0.15) is 11.4 Å². The van der Waals surface area contributed by atoms with Gasteiger partial charge in [-0.1, -0.05) is 29.4 Å². The molecular formula is C16H15ClN4OS. The van der Waals surface area contributed by atoms with Crippen molar-refractivity contribution in [3.63, 3.8) is 0 Å². The van der Waals surface area contributed by atoms with Crippen LogP contribution in [0, 0.1) is 0 Å². The minimum Gasteiger partial charge on any atom is -0.486 e. The zero-order valence-electron chi connectivity index (χ0n) is 12.5. The van der Waals surface area contributed by atoms with Crippen molar-refractivity contribution in [3.8, 4) is 5.75 Å². The third kappa shape index (κ3) is 4.24. The molecule has 0 aliphatic carbocycles. The summed E-state index contributed by atoms with van der Waals surface area (Å²) in [5, 5.41) is 9.93. The summed E-state index contributed by atoms with van der Waals surface area (Å²) in [4.78, 5) is 4.11. The fourth-order valence-electron chi connectivity index (χ4n) is 1.91. The molecule has 0 unspecified atom stereocenters. The summed E-state index contributed by atoms with van der Waals surface area (Å²) in [6.07, 6.45) is 3.62. The number of hydrogen-bond acceptors (Lipinski definition) is 5. The lowest BCUT2D eigenvalue weighted by Crippen LogP contribution is -2.04. The van der Waals surface area contributed by atoms with Gasteiger partial charge in [0.15, 0.2) is 11.0 Å². The number of halogens is 1. The second-order valence-corrected chi connectivity index (χ2v) is 6.23. The quantitative estimate of drug-likeness (QED) is 0.636. The third-order valence-electron chi connectivity index (χ3n) is 3.20. The van der Waals surface area contributed by atoms with Gasteiger partial charge in [-0.3, -0.25) is 4.98 Å². The second-order valence-electron chi connectivity index (χ2n) is 4.85. The molecule has 0 amide bonds. The highest BCUT2D eigenvalue weighted by Crippen LogP contribution is 2.21. The van der Waals surface area contributed by atoms with E-state index in [-0.39, 0.29) is 0 Å². The summed E-state index contributed by atoms with van der Waals surface area (Å²) in [6, 6.07) is 11.2. The van der Waals surface area contributed by atoms with E-state index in [0.29, 0.717) is 11.6 Å². The molecule has 0 spiro atoms. The average molecular weight is 347 g/mol. The maximum Gasteiger partial charge on any atom is 0.191 e. The predicted molar refractivity (Wildman–Crippen MR) is 90.6 cm³/mol. The van der Waals surface area contributed by atoms with Crippen molar-refractivity contribution < 1.29 is 4.74 Å². The molecule has 23 heavy (non-hydrogen) atoms. The Labute approximate surface area is 143 Å². The van der Waals surface area contributed by atoms with Crippen LogP contribution in [0.15, 0.2) is 53.9 Å². The first-order valence-corrected chi connectivity index (χ1v) is 8.37. The number of thioether (sulfide) groups is 1. The van der Waals surface area contributed by atoms with Crippen molar-refractivity contribution in [1.82, 2.24) is 19.7 Å². The topological polar surface area (TPSA) is 52.8 Å². The lowest BCUT2D eigenvalue weighted by molar-refractivity contribution is 0.290. The van der Waals surface area contributed by atoms with Gasteiger partial charge in [0, 0.05) is 30.2 Å². The van der Waals surface area contributed by atoms with Crippen LogP contribution in [0.5, 0.6) is 5.75 Å². The number of benzene rings is 1. The highest BCUT2D eigenvalue weighted by atomic mass is 35.5. The minimum absolute atomic E-state index is 0.360. The Morgan fingerprint density at radius 3 is 2.74 bits per heavy atom. The molecule has 0 atom stereocenters. The Kier molecular flexibility index (Phi) is 5.15. The Hall–Kier alpha value is -2.05. The molecule has 0 aliphatic heterocycles. The van der Waals surface area contributed by atoms with Crippen LogP contribution in [0.25, 0.3) is 0 Å². The largest absolute Gasteiger partial charge is 0.486 e. The van der Waals surface area contributed by atoms with E-state index in [1.165, 1.54) is 0 Å². The molecule has 0 fully saturated rings. The molecule has 0 saturated carbocycles. The summed E-state index contributed by atoms with van der Waals surface area (Å²) in [6.45, 7) is 0.360. The van der Waals surface area contributed by atoms with Crippen LogP contribution < -0.4 is 4.74 Å². The van der Waals surface area contributed by atoms with E-state index in [0.717, 1.165) is 28.0 Å². The van der Waals surface area contributed by atoms with Crippen LogP contribution in [-0.2, 0) is 19.4 Å². The highest BCUT2D eigenvalue weighted by Gasteiger charge is 2.10. The van der Waals surface area contributed by atoms with Crippen molar-refractivity contribution in [2.75, 3.05) is 0 Å². The predicted octanol–water partition coefficient (Wildman–Crippen LogP) is 3.73. The lowest BCUT2D eigenvalue weighted by atomic mass is 10.3. The Morgan fingerprint density at radius 1 is 1.17 bits per heavy atom. The van der Waals surface area contributed by atoms with Crippen molar-refractivity contribution >= 4 is 23.4 Å². The number of nitrogens with zero attached hydrogens (tertiary/aromatic N) is 4. The van der Waals surface area contributed by atoms with E-state index in [4.69, 9.17) is 16.3 Å². The molecule has 0 N–H and O–H groups in total. The van der Waals surface area contributed by atoms with Crippen molar-refractivity contribution in [1.29, 1.82) is 0 Å². The summed E-state index contributed by atoms with van der Waals surface area (Å²) < 4.78 is 7.64. The lowest BCUT2D eigenvalue weighted by Gasteiger charge is -2.06. The molecule has 0 radical (unpaired) electrons. The molecule has 2 heterocycles. The van der Waals surface area contributed by atoms with Crippen LogP contribution in [0.4, 0.5) is 0 Å². The molecule has 3 rings (SSSR count). The van der Waals surface area contributed by atoms with Gasteiger partial charge in [0.2, 0.25) is 0 Å². The zero-order chi connectivity index (χ0) is 16.1. The van der Waals surface area contributed by atoms with E-state index in [2.05, 4.69) is 15.2 Å². The van der Waals surface area contributed by atoms with E-state index < -0.39 is 0 Å². The van der Waals surface area contributed by atoms with Crippen LogP contribution in [-0.4, -0.2) is 19.7 Å². The SMILES string of the molecule is Cn1c(COc2ccc(Cl)cc2)nnc1SCc1cccnc1. The normalized spacial score (nSPS) is 10.7. The summed E-state index contributed by atoms with van der Waals surface area (Å²) in [7, 11) is 1.94. The Balaban J connectivity index is 1.59. The fourth-order valence-corrected chi connectivity index (χ4v) is 2.90. The fraction of sp³-hybridized carbons (Fsp3) is 0.188. The van der Waals surface area contributed by atoms with Gasteiger partial charge >= 0.3 is 0 Å². The molecule has 3 aromatic rings. The van der Waals surface area contributed by atoms with Crippen molar-refractivity contribution in [2.45, 2.75) is 17.5 Å². The molecule has 0 saturated heterocycles. The molecule has 5 nitrogen and oxygen atoms in total. The van der Waals surface area contributed by atoms with Crippen molar-refractivity contribution in [3.05, 3.63) is 65.2 Å². The first-order valence-electron chi connectivity index (χ1n) is 7.01. The van der Waals surface area contributed by atoms with E-state index >= 15 is 0 Å². The Morgan fingerprint density at radius 2 is 2.00 bits per heavy atom. The first kappa shape index (κ1) is 15.8. The Bertz CT molecular complexity index is 762. The number of aromatic nitrogens is 4. The summed E-state index contributed by atoms with van der Waals surface area (Å²) >= 11 is 7.47. The molecule has 118 valence electrons. The smallest absolute Gasteiger partial charge is 0.191 e. The minimum atomic E-state index is 0.360. The molecular weight excluding hydrogens is 332 g/mol. The maximum absolute atomic E-state index is 5.85. The van der Waals surface area contributed by atoms with Gasteiger partial charge in [-0.05, 0) is 35.9 Å². The molecule has 1 aromatic carbocycles. The molecule has 0 aliphatic rings. The van der Waals surface area contributed by atoms with E-state index in [1.807, 2.05) is 42.1 Å². The van der Waals surface area contributed by atoms with E-state index in [9.17, 15) is 0 Å². The molecule has 7 heteroatoms. The zero-order valence-corrected chi connectivity index (χ0v) is 14.1. The van der Waals surface area contributed by atoms with Crippen LogP contribution >= 0.6 is 23.4 Å². The van der Waals surface area contributed by atoms with Crippen molar-refractivity contribution in [2.24, 2.45) is 7.05 Å². The first-order chi connectivity index (χ1) is 11.2.